The lowest BCUT2D eigenvalue weighted by atomic mass is 10.2. The molecular formula is C19H20ClN3O2S. The Kier molecular flexibility index (Phi) is 6.30. The summed E-state index contributed by atoms with van der Waals surface area (Å²) >= 11 is 11.3. The lowest BCUT2D eigenvalue weighted by Crippen LogP contribution is -2.37. The van der Waals surface area contributed by atoms with E-state index in [1.807, 2.05) is 18.2 Å². The Hall–Kier alpha value is -2.31. The van der Waals surface area contributed by atoms with Gasteiger partial charge in [0.2, 0.25) is 0 Å². The first-order valence-corrected chi connectivity index (χ1v) is 9.24. The molecule has 0 atom stereocenters. The van der Waals surface area contributed by atoms with Crippen molar-refractivity contribution in [3.8, 4) is 5.75 Å². The maximum atomic E-state index is 12.1. The second-order valence-corrected chi connectivity index (χ2v) is 6.75. The molecule has 0 aliphatic carbocycles. The molecule has 136 valence electrons. The molecule has 1 saturated heterocycles. The number of carbonyl (C=O) groups is 1. The fourth-order valence-electron chi connectivity index (χ4n) is 2.83. The molecule has 0 radical (unpaired) electrons. The Bertz CT molecular complexity index is 794. The molecule has 0 bridgehead atoms. The van der Waals surface area contributed by atoms with Gasteiger partial charge >= 0.3 is 0 Å². The van der Waals surface area contributed by atoms with Crippen molar-refractivity contribution in [1.29, 1.82) is 0 Å². The van der Waals surface area contributed by atoms with E-state index < -0.39 is 0 Å². The standard InChI is InChI=1S/C19H20ClN3O2S/c20-14-7-1-4-10-17(14)25-13-18(24)22-19(26)21-15-8-2-3-9-16(15)23-11-5-6-12-23/h1-4,7-10H,5-6,11-13H2,(H2,21,22,24,26). The van der Waals surface area contributed by atoms with Crippen molar-refractivity contribution in [2.24, 2.45) is 0 Å². The number of nitrogens with one attached hydrogen (secondary N) is 2. The number of halogens is 1. The minimum Gasteiger partial charge on any atom is -0.482 e. The normalized spacial score (nSPS) is 13.3. The van der Waals surface area contributed by atoms with E-state index >= 15 is 0 Å². The zero-order valence-corrected chi connectivity index (χ0v) is 15.8. The average molecular weight is 390 g/mol. The molecule has 5 nitrogen and oxygen atoms in total. The Morgan fingerprint density at radius 3 is 2.58 bits per heavy atom. The number of rotatable bonds is 5. The smallest absolute Gasteiger partial charge is 0.264 e. The maximum Gasteiger partial charge on any atom is 0.264 e. The second-order valence-electron chi connectivity index (χ2n) is 5.93. The summed E-state index contributed by atoms with van der Waals surface area (Å²) in [7, 11) is 0. The first-order chi connectivity index (χ1) is 12.6. The highest BCUT2D eigenvalue weighted by molar-refractivity contribution is 7.80. The number of ether oxygens (including phenoxy) is 1. The van der Waals surface area contributed by atoms with Gasteiger partial charge in [0.15, 0.2) is 11.7 Å². The van der Waals surface area contributed by atoms with Gasteiger partial charge in [-0.05, 0) is 49.3 Å². The fourth-order valence-corrected chi connectivity index (χ4v) is 3.25. The zero-order chi connectivity index (χ0) is 18.4. The molecule has 2 N–H and O–H groups in total. The molecule has 3 rings (SSSR count). The van der Waals surface area contributed by atoms with Gasteiger partial charge < -0.3 is 15.0 Å². The Labute approximate surface area is 163 Å². The van der Waals surface area contributed by atoms with Gasteiger partial charge in [-0.2, -0.15) is 0 Å². The van der Waals surface area contributed by atoms with Crippen LogP contribution in [0.15, 0.2) is 48.5 Å². The van der Waals surface area contributed by atoms with Crippen LogP contribution < -0.4 is 20.3 Å². The number of anilines is 2. The molecule has 1 aliphatic rings. The van der Waals surface area contributed by atoms with Crippen LogP contribution in [0.25, 0.3) is 0 Å². The van der Waals surface area contributed by atoms with Crippen molar-refractivity contribution in [2.45, 2.75) is 12.8 Å². The van der Waals surface area contributed by atoms with Crippen molar-refractivity contribution >= 4 is 46.2 Å². The van der Waals surface area contributed by atoms with Gasteiger partial charge in [0.25, 0.3) is 5.91 Å². The first kappa shape index (κ1) is 18.5. The molecule has 1 aliphatic heterocycles. The van der Waals surface area contributed by atoms with Crippen LogP contribution in [-0.4, -0.2) is 30.7 Å². The summed E-state index contributed by atoms with van der Waals surface area (Å²) in [5.74, 6) is 0.114. The fraction of sp³-hybridized carbons (Fsp3) is 0.263. The van der Waals surface area contributed by atoms with Crippen molar-refractivity contribution in [2.75, 3.05) is 29.9 Å². The Balaban J connectivity index is 1.54. The molecule has 0 aromatic heterocycles. The number of hydrogen-bond donors (Lipinski definition) is 2. The summed E-state index contributed by atoms with van der Waals surface area (Å²) in [6, 6.07) is 14.9. The number of carbonyl (C=O) groups excluding carboxylic acids is 1. The van der Waals surface area contributed by atoms with E-state index in [4.69, 9.17) is 28.6 Å². The number of amides is 1. The van der Waals surface area contributed by atoms with Gasteiger partial charge in [0.1, 0.15) is 5.75 Å². The number of thiocarbonyl (C=S) groups is 1. The summed E-state index contributed by atoms with van der Waals surface area (Å²) in [5.41, 5.74) is 1.97. The molecule has 1 fully saturated rings. The first-order valence-electron chi connectivity index (χ1n) is 8.45. The maximum absolute atomic E-state index is 12.1. The summed E-state index contributed by atoms with van der Waals surface area (Å²) in [6.45, 7) is 1.90. The van der Waals surface area contributed by atoms with Gasteiger partial charge in [-0.25, -0.2) is 0 Å². The van der Waals surface area contributed by atoms with Crippen molar-refractivity contribution < 1.29 is 9.53 Å². The lowest BCUT2D eigenvalue weighted by molar-refractivity contribution is -0.121. The third-order valence-electron chi connectivity index (χ3n) is 4.05. The van der Waals surface area contributed by atoms with Crippen LogP contribution in [-0.2, 0) is 4.79 Å². The van der Waals surface area contributed by atoms with Crippen molar-refractivity contribution in [3.63, 3.8) is 0 Å². The van der Waals surface area contributed by atoms with E-state index in [1.54, 1.807) is 24.3 Å². The molecule has 0 saturated carbocycles. The van der Waals surface area contributed by atoms with Crippen LogP contribution >= 0.6 is 23.8 Å². The van der Waals surface area contributed by atoms with Crippen LogP contribution in [0.3, 0.4) is 0 Å². The number of benzene rings is 2. The van der Waals surface area contributed by atoms with E-state index in [-0.39, 0.29) is 17.6 Å². The van der Waals surface area contributed by atoms with Crippen LogP contribution in [0.1, 0.15) is 12.8 Å². The molecule has 0 spiro atoms. The average Bonchev–Trinajstić information content (AvgIpc) is 3.16. The highest BCUT2D eigenvalue weighted by atomic mass is 35.5. The highest BCUT2D eigenvalue weighted by Crippen LogP contribution is 2.28. The van der Waals surface area contributed by atoms with Gasteiger partial charge in [-0.1, -0.05) is 35.9 Å². The van der Waals surface area contributed by atoms with E-state index in [0.717, 1.165) is 24.5 Å². The van der Waals surface area contributed by atoms with Crippen LogP contribution in [0.4, 0.5) is 11.4 Å². The van der Waals surface area contributed by atoms with Crippen molar-refractivity contribution in [1.82, 2.24) is 5.32 Å². The third-order valence-corrected chi connectivity index (χ3v) is 4.56. The summed E-state index contributed by atoms with van der Waals surface area (Å²) in [5, 5.41) is 6.43. The van der Waals surface area contributed by atoms with E-state index in [0.29, 0.717) is 10.8 Å². The topological polar surface area (TPSA) is 53.6 Å². The van der Waals surface area contributed by atoms with Crippen LogP contribution in [0.5, 0.6) is 5.75 Å². The van der Waals surface area contributed by atoms with E-state index in [1.165, 1.54) is 12.8 Å². The molecule has 2 aromatic carbocycles. The lowest BCUT2D eigenvalue weighted by Gasteiger charge is -2.22. The predicted octanol–water partition coefficient (Wildman–Crippen LogP) is 3.83. The number of para-hydroxylation sites is 3. The molecule has 1 heterocycles. The van der Waals surface area contributed by atoms with Gasteiger partial charge in [-0.3, -0.25) is 10.1 Å². The minimum absolute atomic E-state index is 0.167. The quantitative estimate of drug-likeness (QED) is 0.761. The molecule has 26 heavy (non-hydrogen) atoms. The predicted molar refractivity (Wildman–Crippen MR) is 109 cm³/mol. The third kappa shape index (κ3) is 4.86. The Morgan fingerprint density at radius 2 is 1.81 bits per heavy atom. The summed E-state index contributed by atoms with van der Waals surface area (Å²) in [4.78, 5) is 14.4. The van der Waals surface area contributed by atoms with Crippen LogP contribution in [0, 0.1) is 0 Å². The largest absolute Gasteiger partial charge is 0.482 e. The van der Waals surface area contributed by atoms with Gasteiger partial charge in [0, 0.05) is 13.1 Å². The van der Waals surface area contributed by atoms with Crippen LogP contribution in [0.2, 0.25) is 5.02 Å². The van der Waals surface area contributed by atoms with Crippen molar-refractivity contribution in [3.05, 3.63) is 53.6 Å². The highest BCUT2D eigenvalue weighted by Gasteiger charge is 2.16. The zero-order valence-electron chi connectivity index (χ0n) is 14.2. The molecule has 7 heteroatoms. The summed E-state index contributed by atoms with van der Waals surface area (Å²) < 4.78 is 5.42. The number of nitrogens with zero attached hydrogens (tertiary/aromatic N) is 1. The molecule has 1 amide bonds. The number of hydrogen-bond acceptors (Lipinski definition) is 4. The van der Waals surface area contributed by atoms with Gasteiger partial charge in [0.05, 0.1) is 16.4 Å². The monoisotopic (exact) mass is 389 g/mol. The Morgan fingerprint density at radius 1 is 1.12 bits per heavy atom. The second kappa shape index (κ2) is 8.87. The summed E-state index contributed by atoms with van der Waals surface area (Å²) in [6.07, 6.45) is 2.38. The molecule has 2 aromatic rings. The molecule has 0 unspecified atom stereocenters. The molecular weight excluding hydrogens is 370 g/mol. The van der Waals surface area contributed by atoms with E-state index in [9.17, 15) is 4.79 Å². The van der Waals surface area contributed by atoms with Gasteiger partial charge in [-0.15, -0.1) is 0 Å². The van der Waals surface area contributed by atoms with E-state index in [2.05, 4.69) is 21.6 Å². The minimum atomic E-state index is -0.346. The SMILES string of the molecule is O=C(COc1ccccc1Cl)NC(=S)Nc1ccccc1N1CCCC1.